The number of carbonyl (C=O) groups is 1. The van der Waals surface area contributed by atoms with Crippen LogP contribution in [-0.4, -0.2) is 21.7 Å². The summed E-state index contributed by atoms with van der Waals surface area (Å²) in [6.07, 6.45) is 4.03. The lowest BCUT2D eigenvalue weighted by molar-refractivity contribution is -0.143. The van der Waals surface area contributed by atoms with Crippen LogP contribution in [0.2, 0.25) is 0 Å². The van der Waals surface area contributed by atoms with E-state index in [1.54, 1.807) is 0 Å². The van der Waals surface area contributed by atoms with E-state index in [1.807, 2.05) is 6.07 Å². The van der Waals surface area contributed by atoms with Crippen LogP contribution in [-0.2, 0) is 18.3 Å². The Balaban J connectivity index is 1.50. The van der Waals surface area contributed by atoms with Crippen LogP contribution >= 0.6 is 0 Å². The van der Waals surface area contributed by atoms with Crippen molar-refractivity contribution < 1.29 is 14.6 Å². The Morgan fingerprint density at radius 1 is 1.11 bits per heavy atom. The number of rotatable bonds is 5. The molecule has 0 amide bonds. The molecule has 0 radical (unpaired) electrons. The Bertz CT molecular complexity index is 996. The van der Waals surface area contributed by atoms with Crippen molar-refractivity contribution >= 4 is 16.9 Å². The zero-order valence-electron chi connectivity index (χ0n) is 16.5. The van der Waals surface area contributed by atoms with Crippen LogP contribution in [0.5, 0.6) is 5.75 Å². The monoisotopic (exact) mass is 377 g/mol. The number of aliphatic carboxylic acids is 1. The average molecular weight is 377 g/mol. The number of benzene rings is 2. The summed E-state index contributed by atoms with van der Waals surface area (Å²) in [7, 11) is 2.11. The van der Waals surface area contributed by atoms with E-state index in [2.05, 4.69) is 61.0 Å². The minimum absolute atomic E-state index is 0.111. The molecule has 146 valence electrons. The first-order chi connectivity index (χ1) is 13.5. The highest BCUT2D eigenvalue weighted by Gasteiger charge is 2.27. The SMILES string of the molecule is Cc1cccc(Cc2cc3ccc(O[C@H]4CC[C@@H](C(=O)O)CC4)cc3n2C)c1. The Kier molecular flexibility index (Phi) is 5.12. The van der Waals surface area contributed by atoms with E-state index in [9.17, 15) is 4.79 Å². The molecule has 3 aromatic rings. The maximum Gasteiger partial charge on any atom is 0.306 e. The van der Waals surface area contributed by atoms with Gasteiger partial charge in [-0.15, -0.1) is 0 Å². The average Bonchev–Trinajstić information content (AvgIpc) is 2.98. The standard InChI is InChI=1S/C24H27NO3/c1-16-4-3-5-17(12-16)13-20-14-19-8-11-22(15-23(19)25(20)2)28-21-9-6-18(7-10-21)24(26)27/h3-5,8,11-12,14-15,18,21H,6-7,9-10,13H2,1-2H3,(H,26,27)/t18-,21+. The fourth-order valence-electron chi connectivity index (χ4n) is 4.26. The second-order valence-corrected chi connectivity index (χ2v) is 8.01. The molecule has 0 saturated heterocycles. The molecule has 4 nitrogen and oxygen atoms in total. The summed E-state index contributed by atoms with van der Waals surface area (Å²) >= 11 is 0. The lowest BCUT2D eigenvalue weighted by Crippen LogP contribution is -2.27. The number of nitrogens with zero attached hydrogens (tertiary/aromatic N) is 1. The van der Waals surface area contributed by atoms with Gasteiger partial charge in [0.1, 0.15) is 5.75 Å². The Labute approximate surface area is 165 Å². The highest BCUT2D eigenvalue weighted by molar-refractivity contribution is 5.83. The van der Waals surface area contributed by atoms with Gasteiger partial charge in [-0.25, -0.2) is 0 Å². The summed E-state index contributed by atoms with van der Waals surface area (Å²) in [4.78, 5) is 11.1. The Morgan fingerprint density at radius 3 is 2.61 bits per heavy atom. The van der Waals surface area contributed by atoms with Crippen molar-refractivity contribution in [3.8, 4) is 5.75 Å². The van der Waals surface area contributed by atoms with Crippen molar-refractivity contribution in [2.75, 3.05) is 0 Å². The molecule has 2 aromatic carbocycles. The van der Waals surface area contributed by atoms with Crippen LogP contribution in [0, 0.1) is 12.8 Å². The van der Waals surface area contributed by atoms with Gasteiger partial charge in [-0.3, -0.25) is 4.79 Å². The normalized spacial score (nSPS) is 19.6. The van der Waals surface area contributed by atoms with Gasteiger partial charge < -0.3 is 14.4 Å². The van der Waals surface area contributed by atoms with E-state index in [-0.39, 0.29) is 12.0 Å². The van der Waals surface area contributed by atoms with Crippen molar-refractivity contribution in [1.29, 1.82) is 0 Å². The lowest BCUT2D eigenvalue weighted by Gasteiger charge is -2.26. The smallest absolute Gasteiger partial charge is 0.306 e. The zero-order valence-corrected chi connectivity index (χ0v) is 16.5. The molecule has 1 aromatic heterocycles. The predicted octanol–water partition coefficient (Wildman–Crippen LogP) is 5.10. The van der Waals surface area contributed by atoms with Crippen LogP contribution in [0.1, 0.15) is 42.5 Å². The van der Waals surface area contributed by atoms with Gasteiger partial charge >= 0.3 is 5.97 Å². The van der Waals surface area contributed by atoms with Crippen molar-refractivity contribution in [2.24, 2.45) is 13.0 Å². The molecule has 1 fully saturated rings. The predicted molar refractivity (Wildman–Crippen MR) is 111 cm³/mol. The van der Waals surface area contributed by atoms with Crippen LogP contribution in [0.4, 0.5) is 0 Å². The number of carboxylic acid groups (broad SMARTS) is 1. The molecule has 4 heteroatoms. The number of fused-ring (bicyclic) bond motifs is 1. The summed E-state index contributed by atoms with van der Waals surface area (Å²) in [5.41, 5.74) is 5.04. The van der Waals surface area contributed by atoms with E-state index in [1.165, 1.54) is 27.7 Å². The molecule has 1 N–H and O–H groups in total. The van der Waals surface area contributed by atoms with Crippen molar-refractivity contribution in [1.82, 2.24) is 4.57 Å². The first-order valence-electron chi connectivity index (χ1n) is 10.0. The van der Waals surface area contributed by atoms with Gasteiger partial charge in [0.25, 0.3) is 0 Å². The van der Waals surface area contributed by atoms with E-state index in [0.717, 1.165) is 25.0 Å². The molecule has 1 saturated carbocycles. The van der Waals surface area contributed by atoms with Gasteiger partial charge in [-0.05, 0) is 56.4 Å². The van der Waals surface area contributed by atoms with Gasteiger partial charge in [0.2, 0.25) is 0 Å². The number of hydrogen-bond donors (Lipinski definition) is 1. The van der Waals surface area contributed by atoms with Gasteiger partial charge in [-0.2, -0.15) is 0 Å². The maximum absolute atomic E-state index is 11.1. The molecule has 0 spiro atoms. The van der Waals surface area contributed by atoms with Crippen molar-refractivity contribution in [3.05, 3.63) is 65.4 Å². The second-order valence-electron chi connectivity index (χ2n) is 8.01. The number of aryl methyl sites for hydroxylation is 2. The molecule has 1 aliphatic carbocycles. The Hall–Kier alpha value is -2.75. The molecule has 28 heavy (non-hydrogen) atoms. The number of aromatic nitrogens is 1. The summed E-state index contributed by atoms with van der Waals surface area (Å²) < 4.78 is 8.43. The largest absolute Gasteiger partial charge is 0.490 e. The highest BCUT2D eigenvalue weighted by atomic mass is 16.5. The fraction of sp³-hybridized carbons (Fsp3) is 0.375. The summed E-state index contributed by atoms with van der Waals surface area (Å²) in [6.45, 7) is 2.12. The third-order valence-electron chi connectivity index (χ3n) is 5.91. The van der Waals surface area contributed by atoms with Crippen LogP contribution in [0.15, 0.2) is 48.5 Å². The van der Waals surface area contributed by atoms with Crippen LogP contribution < -0.4 is 4.74 Å². The first kappa shape index (κ1) is 18.6. The van der Waals surface area contributed by atoms with Crippen molar-refractivity contribution in [2.45, 2.75) is 45.1 Å². The van der Waals surface area contributed by atoms with E-state index >= 15 is 0 Å². The minimum Gasteiger partial charge on any atom is -0.490 e. The first-order valence-corrected chi connectivity index (χ1v) is 10.0. The molecular weight excluding hydrogens is 350 g/mol. The van der Waals surface area contributed by atoms with Gasteiger partial charge in [0, 0.05) is 30.6 Å². The molecule has 1 aliphatic rings. The molecular formula is C24H27NO3. The van der Waals surface area contributed by atoms with Gasteiger partial charge in [-0.1, -0.05) is 29.8 Å². The molecule has 0 unspecified atom stereocenters. The lowest BCUT2D eigenvalue weighted by atomic mass is 9.87. The number of ether oxygens (including phenoxy) is 1. The fourth-order valence-corrected chi connectivity index (χ4v) is 4.26. The third-order valence-corrected chi connectivity index (χ3v) is 5.91. The highest BCUT2D eigenvalue weighted by Crippen LogP contribution is 2.30. The second kappa shape index (κ2) is 7.70. The molecule has 0 aliphatic heterocycles. The number of hydrogen-bond acceptors (Lipinski definition) is 2. The zero-order chi connectivity index (χ0) is 19.7. The topological polar surface area (TPSA) is 51.5 Å². The van der Waals surface area contributed by atoms with E-state index < -0.39 is 5.97 Å². The van der Waals surface area contributed by atoms with Crippen LogP contribution in [0.3, 0.4) is 0 Å². The quantitative estimate of drug-likeness (QED) is 0.673. The van der Waals surface area contributed by atoms with Gasteiger partial charge in [0.15, 0.2) is 0 Å². The number of carboxylic acids is 1. The maximum atomic E-state index is 11.1. The molecule has 1 heterocycles. The van der Waals surface area contributed by atoms with Gasteiger partial charge in [0.05, 0.1) is 17.5 Å². The van der Waals surface area contributed by atoms with Crippen LogP contribution in [0.25, 0.3) is 10.9 Å². The molecule has 0 atom stereocenters. The molecule has 4 rings (SSSR count). The van der Waals surface area contributed by atoms with E-state index in [0.29, 0.717) is 12.8 Å². The van der Waals surface area contributed by atoms with E-state index in [4.69, 9.17) is 9.84 Å². The summed E-state index contributed by atoms with van der Waals surface area (Å²) in [6, 6.07) is 17.1. The van der Waals surface area contributed by atoms with Crippen molar-refractivity contribution in [3.63, 3.8) is 0 Å². The molecule has 0 bridgehead atoms. The summed E-state index contributed by atoms with van der Waals surface area (Å²) in [5, 5.41) is 10.4. The third kappa shape index (κ3) is 3.91. The Morgan fingerprint density at radius 2 is 1.89 bits per heavy atom. The minimum atomic E-state index is -0.676. The summed E-state index contributed by atoms with van der Waals surface area (Å²) in [5.74, 6) is -0.0150.